The van der Waals surface area contributed by atoms with Crippen LogP contribution < -0.4 is 4.90 Å². The molecular formula is C13H12ClNO2. The first-order valence-electron chi connectivity index (χ1n) is 5.45. The van der Waals surface area contributed by atoms with E-state index >= 15 is 0 Å². The van der Waals surface area contributed by atoms with Gasteiger partial charge in [0.05, 0.1) is 12.1 Å². The molecule has 1 aromatic carbocycles. The van der Waals surface area contributed by atoms with Crippen molar-refractivity contribution in [3.63, 3.8) is 0 Å². The number of anilines is 1. The van der Waals surface area contributed by atoms with E-state index in [-0.39, 0.29) is 18.2 Å². The Hall–Kier alpha value is -1.61. The lowest BCUT2D eigenvalue weighted by atomic mass is 10.2. The number of benzene rings is 1. The number of halogens is 1. The topological polar surface area (TPSA) is 37.4 Å². The molecule has 1 heterocycles. The van der Waals surface area contributed by atoms with Crippen molar-refractivity contribution in [1.29, 1.82) is 0 Å². The molecule has 17 heavy (non-hydrogen) atoms. The van der Waals surface area contributed by atoms with Crippen LogP contribution in [-0.4, -0.2) is 11.8 Å². The Bertz CT molecular complexity index is 508. The van der Waals surface area contributed by atoms with E-state index in [1.807, 2.05) is 6.92 Å². The van der Waals surface area contributed by atoms with E-state index in [1.165, 1.54) is 4.90 Å². The van der Waals surface area contributed by atoms with Crippen LogP contribution in [0.25, 0.3) is 0 Å². The fourth-order valence-electron chi connectivity index (χ4n) is 1.86. The van der Waals surface area contributed by atoms with Gasteiger partial charge in [0.2, 0.25) is 5.91 Å². The summed E-state index contributed by atoms with van der Waals surface area (Å²) in [5, 5.41) is 0.510. The van der Waals surface area contributed by atoms with Crippen LogP contribution in [0.2, 0.25) is 5.02 Å². The predicted molar refractivity (Wildman–Crippen MR) is 66.9 cm³/mol. The van der Waals surface area contributed by atoms with Crippen LogP contribution in [0.1, 0.15) is 19.8 Å². The molecule has 1 aromatic rings. The average Bonchev–Trinajstić information content (AvgIpc) is 2.55. The summed E-state index contributed by atoms with van der Waals surface area (Å²) < 4.78 is 0. The largest absolute Gasteiger partial charge is 0.274 e. The van der Waals surface area contributed by atoms with Gasteiger partial charge in [0.1, 0.15) is 0 Å². The van der Waals surface area contributed by atoms with Crippen LogP contribution in [0.5, 0.6) is 0 Å². The molecule has 0 bridgehead atoms. The number of carbonyl (C=O) groups excluding carboxylic acids is 2. The van der Waals surface area contributed by atoms with Gasteiger partial charge in [-0.05, 0) is 24.6 Å². The summed E-state index contributed by atoms with van der Waals surface area (Å²) in [5.74, 6) is -0.434. The minimum Gasteiger partial charge on any atom is -0.274 e. The fraction of sp³-hybridized carbons (Fsp3) is 0.231. The first-order valence-corrected chi connectivity index (χ1v) is 5.83. The second-order valence-electron chi connectivity index (χ2n) is 3.83. The van der Waals surface area contributed by atoms with Crippen molar-refractivity contribution in [2.45, 2.75) is 19.8 Å². The Labute approximate surface area is 105 Å². The van der Waals surface area contributed by atoms with Crippen molar-refractivity contribution < 1.29 is 9.59 Å². The molecule has 0 aromatic heterocycles. The lowest BCUT2D eigenvalue weighted by molar-refractivity contribution is -0.120. The number of rotatable bonds is 2. The van der Waals surface area contributed by atoms with Gasteiger partial charge < -0.3 is 0 Å². The quantitative estimate of drug-likeness (QED) is 0.597. The molecule has 0 spiro atoms. The summed E-state index contributed by atoms with van der Waals surface area (Å²) in [6, 6.07) is 6.75. The van der Waals surface area contributed by atoms with Crippen LogP contribution in [0.15, 0.2) is 35.9 Å². The zero-order valence-electron chi connectivity index (χ0n) is 9.44. The highest BCUT2D eigenvalue weighted by molar-refractivity contribution is 6.32. The van der Waals surface area contributed by atoms with E-state index < -0.39 is 0 Å². The van der Waals surface area contributed by atoms with Crippen LogP contribution in [-0.2, 0) is 9.59 Å². The van der Waals surface area contributed by atoms with Gasteiger partial charge in [0, 0.05) is 10.6 Å². The molecule has 3 nitrogen and oxygen atoms in total. The summed E-state index contributed by atoms with van der Waals surface area (Å²) in [6.45, 7) is 1.94. The lowest BCUT2D eigenvalue weighted by Gasteiger charge is -2.13. The van der Waals surface area contributed by atoms with Gasteiger partial charge in [0.25, 0.3) is 5.91 Å². The fourth-order valence-corrected chi connectivity index (χ4v) is 2.04. The highest BCUT2D eigenvalue weighted by atomic mass is 35.5. The van der Waals surface area contributed by atoms with Crippen LogP contribution >= 0.6 is 11.6 Å². The van der Waals surface area contributed by atoms with Crippen molar-refractivity contribution >= 4 is 29.1 Å². The number of nitrogens with zero attached hydrogens (tertiary/aromatic N) is 1. The van der Waals surface area contributed by atoms with Crippen molar-refractivity contribution in [1.82, 2.24) is 0 Å². The third kappa shape index (κ3) is 2.24. The van der Waals surface area contributed by atoms with E-state index in [9.17, 15) is 9.59 Å². The van der Waals surface area contributed by atoms with E-state index in [0.717, 1.165) is 6.42 Å². The highest BCUT2D eigenvalue weighted by Gasteiger charge is 2.34. The summed E-state index contributed by atoms with van der Waals surface area (Å²) in [5.41, 5.74) is 1.10. The highest BCUT2D eigenvalue weighted by Crippen LogP contribution is 2.27. The molecule has 0 saturated carbocycles. The molecule has 0 aliphatic carbocycles. The van der Waals surface area contributed by atoms with Crippen LogP contribution in [0, 0.1) is 0 Å². The van der Waals surface area contributed by atoms with E-state index in [0.29, 0.717) is 16.3 Å². The molecule has 2 amide bonds. The molecule has 88 valence electrons. The van der Waals surface area contributed by atoms with Crippen molar-refractivity contribution in [3.05, 3.63) is 40.9 Å². The Balaban J connectivity index is 2.37. The minimum absolute atomic E-state index is 0.180. The van der Waals surface area contributed by atoms with Gasteiger partial charge in [-0.15, -0.1) is 0 Å². The van der Waals surface area contributed by atoms with Gasteiger partial charge in [-0.3, -0.25) is 9.59 Å². The average molecular weight is 250 g/mol. The molecule has 0 unspecified atom stereocenters. The lowest BCUT2D eigenvalue weighted by Crippen LogP contribution is -2.28. The minimum atomic E-state index is -0.237. The zero-order valence-corrected chi connectivity index (χ0v) is 10.2. The van der Waals surface area contributed by atoms with Gasteiger partial charge in [-0.25, -0.2) is 4.90 Å². The summed E-state index contributed by atoms with van der Waals surface area (Å²) in [6.07, 6.45) is 2.72. The number of imide groups is 1. The number of hydrogen-bond acceptors (Lipinski definition) is 2. The molecule has 2 rings (SSSR count). The van der Waals surface area contributed by atoms with Gasteiger partial charge in [0.15, 0.2) is 0 Å². The van der Waals surface area contributed by atoms with Crippen molar-refractivity contribution in [2.24, 2.45) is 0 Å². The Morgan fingerprint density at radius 2 is 2.18 bits per heavy atom. The van der Waals surface area contributed by atoms with Gasteiger partial charge in [-0.2, -0.15) is 0 Å². The Morgan fingerprint density at radius 1 is 1.41 bits per heavy atom. The third-order valence-corrected chi connectivity index (χ3v) is 2.82. The van der Waals surface area contributed by atoms with E-state index in [4.69, 9.17) is 11.6 Å². The monoisotopic (exact) mass is 249 g/mol. The maximum Gasteiger partial charge on any atom is 0.261 e. The summed E-state index contributed by atoms with van der Waals surface area (Å²) >= 11 is 5.85. The molecule has 4 heteroatoms. The SMILES string of the molecule is CCC=C1CC(=O)N(c2cccc(Cl)c2)C1=O. The smallest absolute Gasteiger partial charge is 0.261 e. The second kappa shape index (κ2) is 4.72. The first kappa shape index (κ1) is 11.9. The first-order chi connectivity index (χ1) is 8.13. The zero-order chi connectivity index (χ0) is 12.4. The molecule has 1 aliphatic heterocycles. The molecular weight excluding hydrogens is 238 g/mol. The van der Waals surface area contributed by atoms with E-state index in [1.54, 1.807) is 30.3 Å². The maximum absolute atomic E-state index is 12.0. The number of allylic oxidation sites excluding steroid dienone is 1. The van der Waals surface area contributed by atoms with Crippen molar-refractivity contribution in [3.8, 4) is 0 Å². The normalized spacial score (nSPS) is 18.2. The number of amides is 2. The molecule has 1 fully saturated rings. The third-order valence-electron chi connectivity index (χ3n) is 2.59. The number of hydrogen-bond donors (Lipinski definition) is 0. The maximum atomic E-state index is 12.0. The molecule has 1 aliphatic rings. The molecule has 0 radical (unpaired) electrons. The van der Waals surface area contributed by atoms with E-state index in [2.05, 4.69) is 0 Å². The van der Waals surface area contributed by atoms with Crippen molar-refractivity contribution in [2.75, 3.05) is 4.90 Å². The standard InChI is InChI=1S/C13H12ClNO2/c1-2-4-9-7-12(16)15(13(9)17)11-6-3-5-10(14)8-11/h3-6,8H,2,7H2,1H3. The molecule has 0 N–H and O–H groups in total. The summed E-state index contributed by atoms with van der Waals surface area (Å²) in [7, 11) is 0. The Kier molecular flexibility index (Phi) is 3.29. The number of carbonyl (C=O) groups is 2. The van der Waals surface area contributed by atoms with Crippen LogP contribution in [0.4, 0.5) is 5.69 Å². The molecule has 1 saturated heterocycles. The second-order valence-corrected chi connectivity index (χ2v) is 4.26. The predicted octanol–water partition coefficient (Wildman–Crippen LogP) is 2.94. The Morgan fingerprint density at radius 3 is 2.82 bits per heavy atom. The molecule has 0 atom stereocenters. The summed E-state index contributed by atoms with van der Waals surface area (Å²) in [4.78, 5) is 25.0. The van der Waals surface area contributed by atoms with Gasteiger partial charge >= 0.3 is 0 Å². The van der Waals surface area contributed by atoms with Crippen LogP contribution in [0.3, 0.4) is 0 Å². The van der Waals surface area contributed by atoms with Gasteiger partial charge in [-0.1, -0.05) is 30.7 Å².